The second-order valence-corrected chi connectivity index (χ2v) is 4.81. The van der Waals surface area contributed by atoms with Crippen molar-refractivity contribution < 1.29 is 13.9 Å². The second-order valence-electron chi connectivity index (χ2n) is 4.81. The van der Waals surface area contributed by atoms with E-state index in [1.807, 2.05) is 31.2 Å². The van der Waals surface area contributed by atoms with E-state index in [1.165, 1.54) is 17.7 Å². The van der Waals surface area contributed by atoms with Crippen LogP contribution in [0.15, 0.2) is 48.5 Å². The molecule has 1 N–H and O–H groups in total. The number of ether oxygens (including phenoxy) is 1. The molecule has 0 saturated heterocycles. The van der Waals surface area contributed by atoms with E-state index in [9.17, 15) is 9.18 Å². The van der Waals surface area contributed by atoms with E-state index in [4.69, 9.17) is 4.74 Å². The molecule has 3 nitrogen and oxygen atoms in total. The van der Waals surface area contributed by atoms with Crippen LogP contribution < -0.4 is 10.1 Å². The standard InChI is InChI=1S/C17H18FNO2/c1-13-2-4-14(5-3-13)12-19-17(20)10-11-21-16-8-6-15(18)7-9-16/h2-9H,10-12H2,1H3,(H,19,20). The third kappa shape index (κ3) is 5.26. The number of hydrogen-bond donors (Lipinski definition) is 1. The summed E-state index contributed by atoms with van der Waals surface area (Å²) in [5, 5.41) is 2.83. The van der Waals surface area contributed by atoms with Gasteiger partial charge in [-0.3, -0.25) is 4.79 Å². The molecule has 0 aliphatic carbocycles. The lowest BCUT2D eigenvalue weighted by molar-refractivity contribution is -0.121. The molecule has 0 atom stereocenters. The van der Waals surface area contributed by atoms with Gasteiger partial charge >= 0.3 is 0 Å². The predicted molar refractivity (Wildman–Crippen MR) is 79.5 cm³/mol. The third-order valence-electron chi connectivity index (χ3n) is 3.02. The predicted octanol–water partition coefficient (Wildman–Crippen LogP) is 3.22. The van der Waals surface area contributed by atoms with Gasteiger partial charge in [0.1, 0.15) is 11.6 Å². The second kappa shape index (κ2) is 7.43. The van der Waals surface area contributed by atoms with Gasteiger partial charge in [-0.2, -0.15) is 0 Å². The van der Waals surface area contributed by atoms with Crippen LogP contribution in [-0.4, -0.2) is 12.5 Å². The van der Waals surface area contributed by atoms with Crippen molar-refractivity contribution >= 4 is 5.91 Å². The number of halogens is 1. The summed E-state index contributed by atoms with van der Waals surface area (Å²) in [4.78, 5) is 11.7. The Hall–Kier alpha value is -2.36. The van der Waals surface area contributed by atoms with Crippen molar-refractivity contribution in [1.82, 2.24) is 5.32 Å². The van der Waals surface area contributed by atoms with Gasteiger partial charge in [0.15, 0.2) is 0 Å². The first-order chi connectivity index (χ1) is 10.1. The van der Waals surface area contributed by atoms with Gasteiger partial charge in [-0.15, -0.1) is 0 Å². The lowest BCUT2D eigenvalue weighted by Crippen LogP contribution is -2.24. The molecule has 0 fully saturated rings. The fourth-order valence-corrected chi connectivity index (χ4v) is 1.79. The summed E-state index contributed by atoms with van der Waals surface area (Å²) >= 11 is 0. The van der Waals surface area contributed by atoms with Crippen LogP contribution in [0.1, 0.15) is 17.5 Å². The number of benzene rings is 2. The van der Waals surface area contributed by atoms with Crippen molar-refractivity contribution in [2.45, 2.75) is 19.9 Å². The Bertz CT molecular complexity index is 579. The summed E-state index contributed by atoms with van der Waals surface area (Å²) in [6.45, 7) is 2.80. The van der Waals surface area contributed by atoms with E-state index in [0.29, 0.717) is 12.3 Å². The molecule has 0 bridgehead atoms. The van der Waals surface area contributed by atoms with E-state index in [1.54, 1.807) is 12.1 Å². The first-order valence-electron chi connectivity index (χ1n) is 6.84. The summed E-state index contributed by atoms with van der Waals surface area (Å²) in [6, 6.07) is 13.7. The number of carbonyl (C=O) groups excluding carboxylic acids is 1. The quantitative estimate of drug-likeness (QED) is 0.886. The zero-order chi connectivity index (χ0) is 15.1. The monoisotopic (exact) mass is 287 g/mol. The molecule has 2 aromatic carbocycles. The van der Waals surface area contributed by atoms with Crippen LogP contribution in [0.25, 0.3) is 0 Å². The molecule has 0 spiro atoms. The van der Waals surface area contributed by atoms with Crippen molar-refractivity contribution in [3.8, 4) is 5.75 Å². The van der Waals surface area contributed by atoms with Gasteiger partial charge < -0.3 is 10.1 Å². The van der Waals surface area contributed by atoms with Crippen LogP contribution in [0.3, 0.4) is 0 Å². The maximum Gasteiger partial charge on any atom is 0.223 e. The Labute approximate surface area is 123 Å². The average molecular weight is 287 g/mol. The van der Waals surface area contributed by atoms with Crippen molar-refractivity contribution in [3.05, 3.63) is 65.5 Å². The number of aryl methyl sites for hydroxylation is 1. The molecule has 4 heteroatoms. The van der Waals surface area contributed by atoms with E-state index in [2.05, 4.69) is 5.32 Å². The van der Waals surface area contributed by atoms with Crippen LogP contribution in [0, 0.1) is 12.7 Å². The molecule has 1 amide bonds. The molecule has 0 saturated carbocycles. The Morgan fingerprint density at radius 2 is 1.76 bits per heavy atom. The van der Waals surface area contributed by atoms with Gasteiger partial charge in [-0.05, 0) is 36.8 Å². The molecule has 0 aromatic heterocycles. The summed E-state index contributed by atoms with van der Waals surface area (Å²) in [5.74, 6) is 0.179. The Morgan fingerprint density at radius 3 is 2.43 bits per heavy atom. The smallest absolute Gasteiger partial charge is 0.223 e. The van der Waals surface area contributed by atoms with Gasteiger partial charge in [0.05, 0.1) is 13.0 Å². The number of rotatable bonds is 6. The molecule has 0 unspecified atom stereocenters. The highest BCUT2D eigenvalue weighted by molar-refractivity contribution is 5.75. The maximum absolute atomic E-state index is 12.7. The van der Waals surface area contributed by atoms with E-state index < -0.39 is 0 Å². The van der Waals surface area contributed by atoms with E-state index in [0.717, 1.165) is 5.56 Å². The zero-order valence-electron chi connectivity index (χ0n) is 11.9. The van der Waals surface area contributed by atoms with Crippen LogP contribution in [0.5, 0.6) is 5.75 Å². The topological polar surface area (TPSA) is 38.3 Å². The van der Waals surface area contributed by atoms with Gasteiger partial charge in [-0.1, -0.05) is 29.8 Å². The summed E-state index contributed by atoms with van der Waals surface area (Å²) < 4.78 is 18.1. The Morgan fingerprint density at radius 1 is 1.10 bits per heavy atom. The minimum Gasteiger partial charge on any atom is -0.493 e. The van der Waals surface area contributed by atoms with Crippen molar-refractivity contribution in [1.29, 1.82) is 0 Å². The molecule has 0 radical (unpaired) electrons. The van der Waals surface area contributed by atoms with Gasteiger partial charge in [0, 0.05) is 6.54 Å². The van der Waals surface area contributed by atoms with E-state index >= 15 is 0 Å². The molecule has 2 aromatic rings. The largest absolute Gasteiger partial charge is 0.493 e. The van der Waals surface area contributed by atoms with Crippen molar-refractivity contribution in [2.75, 3.05) is 6.61 Å². The highest BCUT2D eigenvalue weighted by Gasteiger charge is 2.02. The number of nitrogens with one attached hydrogen (secondary N) is 1. The number of amides is 1. The molecular formula is C17H18FNO2. The van der Waals surface area contributed by atoms with Crippen LogP contribution >= 0.6 is 0 Å². The maximum atomic E-state index is 12.7. The van der Waals surface area contributed by atoms with Crippen LogP contribution in [-0.2, 0) is 11.3 Å². The highest BCUT2D eigenvalue weighted by atomic mass is 19.1. The van der Waals surface area contributed by atoms with Crippen LogP contribution in [0.2, 0.25) is 0 Å². The lowest BCUT2D eigenvalue weighted by Gasteiger charge is -2.07. The highest BCUT2D eigenvalue weighted by Crippen LogP contribution is 2.11. The molecule has 0 aliphatic rings. The Balaban J connectivity index is 1.67. The van der Waals surface area contributed by atoms with Gasteiger partial charge in [0.2, 0.25) is 5.91 Å². The zero-order valence-corrected chi connectivity index (χ0v) is 11.9. The third-order valence-corrected chi connectivity index (χ3v) is 3.02. The lowest BCUT2D eigenvalue weighted by atomic mass is 10.1. The van der Waals surface area contributed by atoms with Gasteiger partial charge in [-0.25, -0.2) is 4.39 Å². The SMILES string of the molecule is Cc1ccc(CNC(=O)CCOc2ccc(F)cc2)cc1. The fourth-order valence-electron chi connectivity index (χ4n) is 1.79. The first-order valence-corrected chi connectivity index (χ1v) is 6.84. The normalized spacial score (nSPS) is 10.2. The molecule has 0 heterocycles. The van der Waals surface area contributed by atoms with Crippen molar-refractivity contribution in [3.63, 3.8) is 0 Å². The molecule has 2 rings (SSSR count). The molecule has 110 valence electrons. The molecule has 0 aliphatic heterocycles. The number of hydrogen-bond acceptors (Lipinski definition) is 2. The summed E-state index contributed by atoms with van der Waals surface area (Å²) in [6.07, 6.45) is 0.267. The molecule has 21 heavy (non-hydrogen) atoms. The average Bonchev–Trinajstić information content (AvgIpc) is 2.49. The molecular weight excluding hydrogens is 269 g/mol. The van der Waals surface area contributed by atoms with Crippen molar-refractivity contribution in [2.24, 2.45) is 0 Å². The number of carbonyl (C=O) groups is 1. The first kappa shape index (κ1) is 15.0. The van der Waals surface area contributed by atoms with Gasteiger partial charge in [0.25, 0.3) is 0 Å². The minimum absolute atomic E-state index is 0.0716. The van der Waals surface area contributed by atoms with E-state index in [-0.39, 0.29) is 24.8 Å². The minimum atomic E-state index is -0.307. The summed E-state index contributed by atoms with van der Waals surface area (Å²) in [5.41, 5.74) is 2.26. The fraction of sp³-hybridized carbons (Fsp3) is 0.235. The summed E-state index contributed by atoms with van der Waals surface area (Å²) in [7, 11) is 0. The van der Waals surface area contributed by atoms with Crippen LogP contribution in [0.4, 0.5) is 4.39 Å². The Kier molecular flexibility index (Phi) is 5.32.